The number of Topliss-reactive ketones (excluding diaryl/α,β-unsaturated/α-hetero) is 1. The minimum Gasteiger partial charge on any atom is -0.354 e. The Morgan fingerprint density at radius 2 is 2.08 bits per heavy atom. The van der Waals surface area contributed by atoms with E-state index < -0.39 is 0 Å². The minimum absolute atomic E-state index is 0.0388. The molecule has 0 bridgehead atoms. The summed E-state index contributed by atoms with van der Waals surface area (Å²) in [7, 11) is 3.84. The molecule has 0 aliphatic rings. The van der Waals surface area contributed by atoms with Crippen LogP contribution >= 0.6 is 11.3 Å². The molecule has 66 valence electrons. The third-order valence-corrected chi connectivity index (χ3v) is 2.64. The van der Waals surface area contributed by atoms with Gasteiger partial charge in [-0.05, 0) is 6.92 Å². The van der Waals surface area contributed by atoms with Gasteiger partial charge in [-0.15, -0.1) is 11.3 Å². The Hall–Kier alpha value is -0.900. The van der Waals surface area contributed by atoms with E-state index in [0.29, 0.717) is 5.69 Å². The van der Waals surface area contributed by atoms with Crippen LogP contribution in [0.15, 0.2) is 0 Å². The van der Waals surface area contributed by atoms with Crippen LogP contribution in [0.2, 0.25) is 0 Å². The number of thiazole rings is 1. The Labute approximate surface area is 76.0 Å². The molecule has 1 aromatic rings. The third-order valence-electron chi connectivity index (χ3n) is 1.50. The first-order valence-electron chi connectivity index (χ1n) is 3.68. The van der Waals surface area contributed by atoms with Gasteiger partial charge in [-0.25, -0.2) is 4.98 Å². The fourth-order valence-electron chi connectivity index (χ4n) is 0.900. The van der Waals surface area contributed by atoms with Gasteiger partial charge in [-0.3, -0.25) is 4.79 Å². The largest absolute Gasteiger partial charge is 0.354 e. The number of aryl methyl sites for hydroxylation is 1. The molecule has 1 heterocycles. The van der Waals surface area contributed by atoms with Crippen LogP contribution in [0, 0.1) is 6.92 Å². The van der Waals surface area contributed by atoms with Crippen LogP contribution < -0.4 is 4.90 Å². The Morgan fingerprint density at radius 1 is 1.50 bits per heavy atom. The molecule has 0 N–H and O–H groups in total. The molecular formula is C8H12N2OS. The van der Waals surface area contributed by atoms with Crippen LogP contribution in [0.4, 0.5) is 5.13 Å². The average molecular weight is 184 g/mol. The zero-order valence-corrected chi connectivity index (χ0v) is 8.53. The second-order valence-electron chi connectivity index (χ2n) is 2.85. The first-order chi connectivity index (χ1) is 5.52. The highest BCUT2D eigenvalue weighted by Gasteiger charge is 2.11. The van der Waals surface area contributed by atoms with Crippen molar-refractivity contribution < 1.29 is 4.79 Å². The Bertz CT molecular complexity index is 304. The quantitative estimate of drug-likeness (QED) is 0.656. The van der Waals surface area contributed by atoms with Gasteiger partial charge in [-0.2, -0.15) is 0 Å². The lowest BCUT2D eigenvalue weighted by atomic mass is 10.3. The van der Waals surface area contributed by atoms with Gasteiger partial charge in [0.1, 0.15) is 5.69 Å². The summed E-state index contributed by atoms with van der Waals surface area (Å²) < 4.78 is 0. The number of hydrogen-bond donors (Lipinski definition) is 0. The van der Waals surface area contributed by atoms with Crippen molar-refractivity contribution >= 4 is 22.3 Å². The highest BCUT2D eigenvalue weighted by atomic mass is 32.1. The average Bonchev–Trinajstić information content (AvgIpc) is 2.30. The number of aromatic nitrogens is 1. The predicted molar refractivity (Wildman–Crippen MR) is 51.2 cm³/mol. The van der Waals surface area contributed by atoms with Crippen LogP contribution in [0.1, 0.15) is 22.3 Å². The number of ketones is 1. The summed E-state index contributed by atoms with van der Waals surface area (Å²) in [5.41, 5.74) is 0.601. The van der Waals surface area contributed by atoms with Gasteiger partial charge in [0.2, 0.25) is 0 Å². The molecule has 0 saturated carbocycles. The van der Waals surface area contributed by atoms with Crippen molar-refractivity contribution in [3.8, 4) is 0 Å². The lowest BCUT2D eigenvalue weighted by molar-refractivity contribution is 0.101. The fourth-order valence-corrected chi connectivity index (χ4v) is 1.78. The molecule has 0 aliphatic heterocycles. The number of hydrogen-bond acceptors (Lipinski definition) is 4. The first kappa shape index (κ1) is 9.19. The van der Waals surface area contributed by atoms with Gasteiger partial charge in [0.25, 0.3) is 0 Å². The van der Waals surface area contributed by atoms with Gasteiger partial charge in [0.15, 0.2) is 10.9 Å². The van der Waals surface area contributed by atoms with E-state index in [-0.39, 0.29) is 5.78 Å². The smallest absolute Gasteiger partial charge is 0.185 e. The van der Waals surface area contributed by atoms with E-state index in [1.54, 1.807) is 18.3 Å². The molecule has 4 heteroatoms. The second kappa shape index (κ2) is 3.23. The number of anilines is 1. The monoisotopic (exact) mass is 184 g/mol. The lowest BCUT2D eigenvalue weighted by Crippen LogP contribution is -2.08. The van der Waals surface area contributed by atoms with Crippen LogP contribution in [-0.2, 0) is 0 Å². The van der Waals surface area contributed by atoms with Crippen molar-refractivity contribution in [2.24, 2.45) is 0 Å². The maximum Gasteiger partial charge on any atom is 0.185 e. The minimum atomic E-state index is 0.0388. The van der Waals surface area contributed by atoms with E-state index in [2.05, 4.69) is 4.98 Å². The summed E-state index contributed by atoms with van der Waals surface area (Å²) in [6.45, 7) is 3.46. The molecule has 1 rings (SSSR count). The first-order valence-corrected chi connectivity index (χ1v) is 4.49. The molecule has 0 spiro atoms. The number of carbonyl (C=O) groups is 1. The van der Waals surface area contributed by atoms with E-state index in [1.165, 1.54) is 0 Å². The van der Waals surface area contributed by atoms with Crippen molar-refractivity contribution in [1.82, 2.24) is 4.98 Å². The van der Waals surface area contributed by atoms with Gasteiger partial charge < -0.3 is 4.90 Å². The van der Waals surface area contributed by atoms with Gasteiger partial charge in [-0.1, -0.05) is 0 Å². The standard InChI is InChI=1S/C8H12N2OS/c1-5(11)7-6(2)12-8(9-7)10(3)4/h1-4H3. The van der Waals surface area contributed by atoms with E-state index in [0.717, 1.165) is 10.0 Å². The number of rotatable bonds is 2. The Balaban J connectivity index is 3.09. The van der Waals surface area contributed by atoms with Crippen molar-refractivity contribution in [3.05, 3.63) is 10.6 Å². The number of nitrogens with zero attached hydrogens (tertiary/aromatic N) is 2. The van der Waals surface area contributed by atoms with Crippen LogP contribution in [0.25, 0.3) is 0 Å². The SMILES string of the molecule is CC(=O)c1nc(N(C)C)sc1C. The van der Waals surface area contributed by atoms with E-state index in [9.17, 15) is 4.79 Å². The normalized spacial score (nSPS) is 10.0. The van der Waals surface area contributed by atoms with Crippen molar-refractivity contribution in [2.75, 3.05) is 19.0 Å². The van der Waals surface area contributed by atoms with Crippen molar-refractivity contribution in [1.29, 1.82) is 0 Å². The Kier molecular flexibility index (Phi) is 2.47. The summed E-state index contributed by atoms with van der Waals surface area (Å²) in [5, 5.41) is 0.887. The fraction of sp³-hybridized carbons (Fsp3) is 0.500. The summed E-state index contributed by atoms with van der Waals surface area (Å²) in [4.78, 5) is 18.1. The lowest BCUT2D eigenvalue weighted by Gasteiger charge is -2.04. The zero-order valence-electron chi connectivity index (χ0n) is 7.71. The summed E-state index contributed by atoms with van der Waals surface area (Å²) in [6.07, 6.45) is 0. The van der Waals surface area contributed by atoms with Gasteiger partial charge in [0, 0.05) is 25.9 Å². The van der Waals surface area contributed by atoms with Crippen LogP contribution in [0.3, 0.4) is 0 Å². The molecule has 0 atom stereocenters. The maximum absolute atomic E-state index is 11.0. The molecule has 0 aromatic carbocycles. The van der Waals surface area contributed by atoms with Crippen molar-refractivity contribution in [3.63, 3.8) is 0 Å². The molecule has 3 nitrogen and oxygen atoms in total. The predicted octanol–water partition coefficient (Wildman–Crippen LogP) is 1.72. The topological polar surface area (TPSA) is 33.2 Å². The summed E-state index contributed by atoms with van der Waals surface area (Å²) in [5.74, 6) is 0.0388. The van der Waals surface area contributed by atoms with Crippen LogP contribution in [0.5, 0.6) is 0 Å². The highest BCUT2D eigenvalue weighted by molar-refractivity contribution is 7.15. The van der Waals surface area contributed by atoms with Gasteiger partial charge in [0.05, 0.1) is 0 Å². The molecular weight excluding hydrogens is 172 g/mol. The maximum atomic E-state index is 11.0. The van der Waals surface area contributed by atoms with Crippen LogP contribution in [-0.4, -0.2) is 24.9 Å². The molecule has 0 radical (unpaired) electrons. The third kappa shape index (κ3) is 1.64. The number of carbonyl (C=O) groups excluding carboxylic acids is 1. The molecule has 0 saturated heterocycles. The molecule has 0 fully saturated rings. The zero-order chi connectivity index (χ0) is 9.30. The second-order valence-corrected chi connectivity index (χ2v) is 4.03. The van der Waals surface area contributed by atoms with Crippen molar-refractivity contribution in [2.45, 2.75) is 13.8 Å². The molecule has 0 amide bonds. The van der Waals surface area contributed by atoms with E-state index in [4.69, 9.17) is 0 Å². The summed E-state index contributed by atoms with van der Waals surface area (Å²) >= 11 is 1.54. The summed E-state index contributed by atoms with van der Waals surface area (Å²) in [6, 6.07) is 0. The van der Waals surface area contributed by atoms with E-state index >= 15 is 0 Å². The molecule has 0 unspecified atom stereocenters. The Morgan fingerprint density at radius 3 is 2.33 bits per heavy atom. The molecule has 12 heavy (non-hydrogen) atoms. The van der Waals surface area contributed by atoms with Gasteiger partial charge >= 0.3 is 0 Å². The highest BCUT2D eigenvalue weighted by Crippen LogP contribution is 2.23. The molecule has 0 aliphatic carbocycles. The van der Waals surface area contributed by atoms with E-state index in [1.807, 2.05) is 25.9 Å². The molecule has 1 aromatic heterocycles.